The van der Waals surface area contributed by atoms with Crippen LogP contribution >= 0.6 is 15.9 Å². The molecule has 1 amide bonds. The van der Waals surface area contributed by atoms with Gasteiger partial charge in [0, 0.05) is 12.3 Å². The van der Waals surface area contributed by atoms with Crippen molar-refractivity contribution in [2.45, 2.75) is 0 Å². The molecule has 19 heavy (non-hydrogen) atoms. The topological polar surface area (TPSA) is 82.2 Å². The average molecular weight is 327 g/mol. The van der Waals surface area contributed by atoms with Crippen molar-refractivity contribution in [3.05, 3.63) is 56.7 Å². The number of carbonyl (C=O) groups is 1. The third-order valence-electron chi connectivity index (χ3n) is 2.33. The molecule has 1 aromatic carbocycles. The first-order chi connectivity index (χ1) is 8.97. The third kappa shape index (κ3) is 3.00. The van der Waals surface area contributed by atoms with Gasteiger partial charge in [-0.05, 0) is 34.1 Å². The normalized spacial score (nSPS) is 10.2. The number of aromatic amines is 1. The van der Waals surface area contributed by atoms with Crippen molar-refractivity contribution in [1.82, 2.24) is 4.98 Å². The number of aromatic nitrogens is 1. The smallest absolute Gasteiger partial charge is 0.262 e. The zero-order chi connectivity index (χ0) is 14.0. The SMILES string of the molecule is O=C(Nc1cc(F)ccc1O)c1c[nH]c(=O)c(Br)c1. The second kappa shape index (κ2) is 5.23. The van der Waals surface area contributed by atoms with E-state index in [1.807, 2.05) is 0 Å². The van der Waals surface area contributed by atoms with E-state index < -0.39 is 11.7 Å². The molecule has 5 nitrogen and oxygen atoms in total. The van der Waals surface area contributed by atoms with E-state index in [4.69, 9.17) is 0 Å². The highest BCUT2D eigenvalue weighted by molar-refractivity contribution is 9.10. The van der Waals surface area contributed by atoms with Gasteiger partial charge in [0.05, 0.1) is 15.7 Å². The predicted molar refractivity (Wildman–Crippen MR) is 70.8 cm³/mol. The van der Waals surface area contributed by atoms with Gasteiger partial charge in [-0.2, -0.15) is 0 Å². The average Bonchev–Trinajstić information content (AvgIpc) is 2.37. The van der Waals surface area contributed by atoms with E-state index in [2.05, 4.69) is 26.2 Å². The van der Waals surface area contributed by atoms with Gasteiger partial charge in [0.25, 0.3) is 11.5 Å². The number of pyridine rings is 1. The molecule has 0 saturated carbocycles. The first-order valence-corrected chi connectivity index (χ1v) is 5.95. The van der Waals surface area contributed by atoms with Crippen molar-refractivity contribution in [2.75, 3.05) is 5.32 Å². The summed E-state index contributed by atoms with van der Waals surface area (Å²) >= 11 is 2.99. The number of phenolic OH excluding ortho intramolecular Hbond substituents is 1. The predicted octanol–water partition coefficient (Wildman–Crippen LogP) is 2.23. The highest BCUT2D eigenvalue weighted by Gasteiger charge is 2.11. The summed E-state index contributed by atoms with van der Waals surface area (Å²) in [7, 11) is 0. The van der Waals surface area contributed by atoms with Crippen molar-refractivity contribution in [1.29, 1.82) is 0 Å². The van der Waals surface area contributed by atoms with E-state index in [1.165, 1.54) is 12.3 Å². The molecule has 1 heterocycles. The van der Waals surface area contributed by atoms with E-state index in [-0.39, 0.29) is 27.0 Å². The number of rotatable bonds is 2. The lowest BCUT2D eigenvalue weighted by Gasteiger charge is -2.07. The molecule has 2 aromatic rings. The van der Waals surface area contributed by atoms with Gasteiger partial charge in [0.2, 0.25) is 0 Å². The zero-order valence-electron chi connectivity index (χ0n) is 9.41. The van der Waals surface area contributed by atoms with Gasteiger partial charge in [0.15, 0.2) is 0 Å². The van der Waals surface area contributed by atoms with Crippen LogP contribution in [0.3, 0.4) is 0 Å². The Labute approximate surface area is 115 Å². The Kier molecular flexibility index (Phi) is 3.66. The van der Waals surface area contributed by atoms with Crippen LogP contribution in [0.1, 0.15) is 10.4 Å². The molecule has 0 saturated heterocycles. The fourth-order valence-corrected chi connectivity index (χ4v) is 1.75. The number of phenols is 1. The van der Waals surface area contributed by atoms with E-state index in [0.29, 0.717) is 0 Å². The maximum atomic E-state index is 13.0. The van der Waals surface area contributed by atoms with Gasteiger partial charge in [-0.3, -0.25) is 9.59 Å². The quantitative estimate of drug-likeness (QED) is 0.740. The van der Waals surface area contributed by atoms with Crippen LogP contribution in [0.2, 0.25) is 0 Å². The number of amides is 1. The number of aromatic hydroxyl groups is 1. The standard InChI is InChI=1S/C12H8BrFN2O3/c13-8-3-6(5-15-12(8)19)11(18)16-9-4-7(14)1-2-10(9)17/h1-5,17H,(H,15,19)(H,16,18). The molecule has 0 aliphatic carbocycles. The molecule has 3 N–H and O–H groups in total. The third-order valence-corrected chi connectivity index (χ3v) is 2.92. The summed E-state index contributed by atoms with van der Waals surface area (Å²) in [5.41, 5.74) is -0.257. The zero-order valence-corrected chi connectivity index (χ0v) is 11.0. The van der Waals surface area contributed by atoms with E-state index >= 15 is 0 Å². The summed E-state index contributed by atoms with van der Waals surface area (Å²) in [4.78, 5) is 25.3. The van der Waals surface area contributed by atoms with Crippen molar-refractivity contribution in [3.63, 3.8) is 0 Å². The summed E-state index contributed by atoms with van der Waals surface area (Å²) in [6.07, 6.45) is 1.22. The van der Waals surface area contributed by atoms with Gasteiger partial charge in [-0.1, -0.05) is 0 Å². The molecule has 2 rings (SSSR count). The molecular formula is C12H8BrFN2O3. The van der Waals surface area contributed by atoms with Gasteiger partial charge >= 0.3 is 0 Å². The summed E-state index contributed by atoms with van der Waals surface area (Å²) in [5, 5.41) is 11.8. The number of H-pyrrole nitrogens is 1. The Hall–Kier alpha value is -2.15. The molecule has 98 valence electrons. The monoisotopic (exact) mass is 326 g/mol. The Morgan fingerprint density at radius 2 is 2.11 bits per heavy atom. The first kappa shape index (κ1) is 13.3. The Balaban J connectivity index is 2.28. The lowest BCUT2D eigenvalue weighted by molar-refractivity contribution is 0.102. The van der Waals surface area contributed by atoms with Crippen molar-refractivity contribution >= 4 is 27.5 Å². The molecule has 0 fully saturated rings. The second-order valence-corrected chi connectivity index (χ2v) is 4.54. The molecule has 0 spiro atoms. The molecule has 0 bridgehead atoms. The van der Waals surface area contributed by atoms with E-state index in [9.17, 15) is 19.1 Å². The first-order valence-electron chi connectivity index (χ1n) is 5.15. The van der Waals surface area contributed by atoms with E-state index in [1.54, 1.807) is 0 Å². The van der Waals surface area contributed by atoms with Gasteiger partial charge in [-0.15, -0.1) is 0 Å². The number of hydrogen-bond acceptors (Lipinski definition) is 3. The van der Waals surface area contributed by atoms with Crippen LogP contribution in [-0.2, 0) is 0 Å². The molecule has 0 atom stereocenters. The van der Waals surface area contributed by atoms with Gasteiger partial charge < -0.3 is 15.4 Å². The Morgan fingerprint density at radius 3 is 2.79 bits per heavy atom. The Bertz CT molecular complexity index is 700. The molecule has 0 unspecified atom stereocenters. The number of carbonyl (C=O) groups excluding carboxylic acids is 1. The molecular weight excluding hydrogens is 319 g/mol. The minimum Gasteiger partial charge on any atom is -0.506 e. The van der Waals surface area contributed by atoms with Gasteiger partial charge in [-0.25, -0.2) is 4.39 Å². The maximum absolute atomic E-state index is 13.0. The largest absolute Gasteiger partial charge is 0.506 e. The van der Waals surface area contributed by atoms with Crippen LogP contribution in [0.15, 0.2) is 39.7 Å². The fraction of sp³-hybridized carbons (Fsp3) is 0. The highest BCUT2D eigenvalue weighted by atomic mass is 79.9. The van der Waals surface area contributed by atoms with E-state index in [0.717, 1.165) is 18.2 Å². The minimum atomic E-state index is -0.587. The van der Waals surface area contributed by atoms with Crippen LogP contribution < -0.4 is 10.9 Å². The van der Waals surface area contributed by atoms with Crippen LogP contribution in [0.4, 0.5) is 10.1 Å². The minimum absolute atomic E-state index is 0.0488. The van der Waals surface area contributed by atoms with Crippen LogP contribution in [0.5, 0.6) is 5.75 Å². The summed E-state index contributed by atoms with van der Waals surface area (Å²) in [6.45, 7) is 0. The highest BCUT2D eigenvalue weighted by Crippen LogP contribution is 2.24. The number of benzene rings is 1. The lowest BCUT2D eigenvalue weighted by atomic mass is 10.2. The van der Waals surface area contributed by atoms with Gasteiger partial charge in [0.1, 0.15) is 11.6 Å². The van der Waals surface area contributed by atoms with Crippen molar-refractivity contribution in [2.24, 2.45) is 0 Å². The second-order valence-electron chi connectivity index (χ2n) is 3.68. The summed E-state index contributed by atoms with van der Waals surface area (Å²) < 4.78 is 13.2. The van der Waals surface area contributed by atoms with Crippen LogP contribution in [0, 0.1) is 5.82 Å². The summed E-state index contributed by atoms with van der Waals surface area (Å²) in [5.74, 6) is -1.42. The Morgan fingerprint density at radius 1 is 1.37 bits per heavy atom. The summed E-state index contributed by atoms with van der Waals surface area (Å²) in [6, 6.07) is 4.52. The van der Waals surface area contributed by atoms with Crippen molar-refractivity contribution in [3.8, 4) is 5.75 Å². The molecule has 1 aromatic heterocycles. The number of nitrogens with one attached hydrogen (secondary N) is 2. The number of anilines is 1. The maximum Gasteiger partial charge on any atom is 0.262 e. The van der Waals surface area contributed by atoms with Crippen LogP contribution in [-0.4, -0.2) is 16.0 Å². The number of hydrogen-bond donors (Lipinski definition) is 3. The van der Waals surface area contributed by atoms with Crippen molar-refractivity contribution < 1.29 is 14.3 Å². The fourth-order valence-electron chi connectivity index (χ4n) is 1.39. The van der Waals surface area contributed by atoms with Crippen LogP contribution in [0.25, 0.3) is 0 Å². The molecule has 0 aliphatic rings. The molecule has 0 radical (unpaired) electrons. The molecule has 0 aliphatic heterocycles. The number of halogens is 2. The lowest BCUT2D eigenvalue weighted by Crippen LogP contribution is -2.15. The molecule has 7 heteroatoms.